The summed E-state index contributed by atoms with van der Waals surface area (Å²) in [5.74, 6) is 0. The number of para-hydroxylation sites is 2. The number of halogens is 2. The van der Waals surface area contributed by atoms with E-state index in [1.807, 2.05) is 36.4 Å². The second-order valence-electron chi connectivity index (χ2n) is 5.09. The van der Waals surface area contributed by atoms with Crippen LogP contribution in [0.15, 0.2) is 54.7 Å². The Labute approximate surface area is 142 Å². The Hall–Kier alpha value is -1.64. The van der Waals surface area contributed by atoms with Crippen molar-refractivity contribution in [3.8, 4) is 0 Å². The van der Waals surface area contributed by atoms with Gasteiger partial charge in [-0.05, 0) is 30.2 Å². The Kier molecular flexibility index (Phi) is 6.17. The first-order valence-electron chi connectivity index (χ1n) is 7.32. The molecular weight excluding hydrogens is 315 g/mol. The largest absolute Gasteiger partial charge is 0.389 e. The van der Waals surface area contributed by atoms with E-state index in [-0.39, 0.29) is 0 Å². The van der Waals surface area contributed by atoms with Gasteiger partial charge in [-0.25, -0.2) is 0 Å². The van der Waals surface area contributed by atoms with Crippen LogP contribution in [-0.2, 0) is 6.42 Å². The molecule has 2 nitrogen and oxygen atoms in total. The summed E-state index contributed by atoms with van der Waals surface area (Å²) in [6.07, 6.45) is 1.83. The maximum Gasteiger partial charge on any atom is 0.0762 e. The zero-order chi connectivity index (χ0) is 15.9. The van der Waals surface area contributed by atoms with Gasteiger partial charge in [0.15, 0.2) is 0 Å². The van der Waals surface area contributed by atoms with Crippen LogP contribution in [0.5, 0.6) is 0 Å². The molecule has 0 aliphatic heterocycles. The maximum atomic E-state index is 6.23. The third-order valence-corrected chi connectivity index (χ3v) is 3.90. The number of benzene rings is 2. The summed E-state index contributed by atoms with van der Waals surface area (Å²) < 4.78 is 0. The summed E-state index contributed by atoms with van der Waals surface area (Å²) in [4.78, 5) is 0. The van der Waals surface area contributed by atoms with Crippen LogP contribution >= 0.6 is 23.2 Å². The lowest BCUT2D eigenvalue weighted by atomic mass is 10.1. The molecule has 116 valence electrons. The first-order valence-corrected chi connectivity index (χ1v) is 8.08. The summed E-state index contributed by atoms with van der Waals surface area (Å²) in [5.41, 5.74) is 3.86. The van der Waals surface area contributed by atoms with Gasteiger partial charge in [-0.3, -0.25) is 0 Å². The maximum absolute atomic E-state index is 6.23. The molecule has 0 fully saturated rings. The van der Waals surface area contributed by atoms with Gasteiger partial charge >= 0.3 is 0 Å². The van der Waals surface area contributed by atoms with E-state index in [0.29, 0.717) is 10.0 Å². The average Bonchev–Trinajstić information content (AvgIpc) is 2.50. The van der Waals surface area contributed by atoms with E-state index in [0.717, 1.165) is 42.0 Å². The van der Waals surface area contributed by atoms with E-state index in [2.05, 4.69) is 30.2 Å². The zero-order valence-electron chi connectivity index (χ0n) is 12.6. The standard InChI is InChI=1S/C18H20Cl2N2/c1-3-11-21-13(2)12-14-7-4-5-10-17(14)22-18-15(19)8-6-9-16(18)20/h4-10,21-22H,2-3,11-12H2,1H3. The van der Waals surface area contributed by atoms with Crippen molar-refractivity contribution in [2.45, 2.75) is 19.8 Å². The second-order valence-corrected chi connectivity index (χ2v) is 5.90. The Morgan fingerprint density at radius 2 is 1.73 bits per heavy atom. The van der Waals surface area contributed by atoms with Crippen LogP contribution in [0.2, 0.25) is 10.0 Å². The number of allylic oxidation sites excluding steroid dienone is 1. The number of hydrogen-bond donors (Lipinski definition) is 2. The zero-order valence-corrected chi connectivity index (χ0v) is 14.1. The van der Waals surface area contributed by atoms with Crippen molar-refractivity contribution in [1.29, 1.82) is 0 Å². The highest BCUT2D eigenvalue weighted by molar-refractivity contribution is 6.39. The fourth-order valence-electron chi connectivity index (χ4n) is 2.14. The number of nitrogens with one attached hydrogen (secondary N) is 2. The van der Waals surface area contributed by atoms with Gasteiger partial charge in [0.2, 0.25) is 0 Å². The van der Waals surface area contributed by atoms with Gasteiger partial charge in [-0.1, -0.05) is 61.0 Å². The molecule has 0 atom stereocenters. The highest BCUT2D eigenvalue weighted by Gasteiger charge is 2.09. The molecule has 0 bridgehead atoms. The highest BCUT2D eigenvalue weighted by Crippen LogP contribution is 2.33. The van der Waals surface area contributed by atoms with E-state index < -0.39 is 0 Å². The van der Waals surface area contributed by atoms with Gasteiger partial charge in [0.05, 0.1) is 15.7 Å². The van der Waals surface area contributed by atoms with Gasteiger partial charge in [0.25, 0.3) is 0 Å². The van der Waals surface area contributed by atoms with Crippen LogP contribution in [-0.4, -0.2) is 6.54 Å². The Balaban J connectivity index is 2.20. The fourth-order valence-corrected chi connectivity index (χ4v) is 2.63. The average molecular weight is 335 g/mol. The van der Waals surface area contributed by atoms with Gasteiger partial charge in [-0.15, -0.1) is 0 Å². The van der Waals surface area contributed by atoms with Gasteiger partial charge in [0.1, 0.15) is 0 Å². The van der Waals surface area contributed by atoms with Crippen molar-refractivity contribution in [2.75, 3.05) is 11.9 Å². The number of hydrogen-bond acceptors (Lipinski definition) is 2. The molecule has 0 unspecified atom stereocenters. The number of anilines is 2. The summed E-state index contributed by atoms with van der Waals surface area (Å²) in [6.45, 7) is 7.15. The third-order valence-electron chi connectivity index (χ3n) is 3.27. The van der Waals surface area contributed by atoms with Crippen LogP contribution in [0.1, 0.15) is 18.9 Å². The van der Waals surface area contributed by atoms with Crippen molar-refractivity contribution < 1.29 is 0 Å². The Bertz CT molecular complexity index is 633. The van der Waals surface area contributed by atoms with Crippen LogP contribution in [0.4, 0.5) is 11.4 Å². The summed E-state index contributed by atoms with van der Waals surface area (Å²) in [6, 6.07) is 13.6. The van der Waals surface area contributed by atoms with Crippen molar-refractivity contribution in [3.05, 3.63) is 70.3 Å². The molecule has 0 saturated carbocycles. The molecule has 0 amide bonds. The minimum Gasteiger partial charge on any atom is -0.389 e. The molecule has 22 heavy (non-hydrogen) atoms. The predicted molar refractivity (Wildman–Crippen MR) is 97.3 cm³/mol. The molecule has 0 aromatic heterocycles. The second kappa shape index (κ2) is 8.11. The summed E-state index contributed by atoms with van der Waals surface area (Å²) in [5, 5.41) is 7.86. The number of rotatable bonds is 7. The molecule has 0 aliphatic rings. The lowest BCUT2D eigenvalue weighted by molar-refractivity contribution is 0.752. The van der Waals surface area contributed by atoms with Crippen LogP contribution in [0.3, 0.4) is 0 Å². The van der Waals surface area contributed by atoms with Crippen molar-refractivity contribution in [2.24, 2.45) is 0 Å². The van der Waals surface area contributed by atoms with E-state index in [1.54, 1.807) is 0 Å². The molecule has 0 saturated heterocycles. The lowest BCUT2D eigenvalue weighted by Crippen LogP contribution is -2.15. The normalized spacial score (nSPS) is 10.3. The monoisotopic (exact) mass is 334 g/mol. The molecule has 2 aromatic rings. The summed E-state index contributed by atoms with van der Waals surface area (Å²) >= 11 is 12.5. The highest BCUT2D eigenvalue weighted by atomic mass is 35.5. The first kappa shape index (κ1) is 16.7. The van der Waals surface area contributed by atoms with E-state index >= 15 is 0 Å². The first-order chi connectivity index (χ1) is 10.6. The van der Waals surface area contributed by atoms with Crippen molar-refractivity contribution in [1.82, 2.24) is 5.32 Å². The fraction of sp³-hybridized carbons (Fsp3) is 0.222. The SMILES string of the molecule is C=C(Cc1ccccc1Nc1c(Cl)cccc1Cl)NCCC. The molecule has 4 heteroatoms. The molecule has 0 heterocycles. The molecule has 0 aliphatic carbocycles. The predicted octanol–water partition coefficient (Wildman–Crippen LogP) is 5.79. The smallest absolute Gasteiger partial charge is 0.0762 e. The molecule has 0 spiro atoms. The van der Waals surface area contributed by atoms with E-state index in [1.165, 1.54) is 0 Å². The molecular formula is C18H20Cl2N2. The molecule has 2 aromatic carbocycles. The summed E-state index contributed by atoms with van der Waals surface area (Å²) in [7, 11) is 0. The topological polar surface area (TPSA) is 24.1 Å². The van der Waals surface area contributed by atoms with Gasteiger partial charge < -0.3 is 10.6 Å². The van der Waals surface area contributed by atoms with Crippen LogP contribution in [0.25, 0.3) is 0 Å². The Morgan fingerprint density at radius 1 is 1.05 bits per heavy atom. The van der Waals surface area contributed by atoms with Crippen LogP contribution < -0.4 is 10.6 Å². The van der Waals surface area contributed by atoms with Gasteiger partial charge in [0, 0.05) is 24.4 Å². The quantitative estimate of drug-likeness (QED) is 0.669. The van der Waals surface area contributed by atoms with Crippen molar-refractivity contribution >= 4 is 34.6 Å². The van der Waals surface area contributed by atoms with Gasteiger partial charge in [-0.2, -0.15) is 0 Å². The van der Waals surface area contributed by atoms with E-state index in [4.69, 9.17) is 23.2 Å². The molecule has 0 radical (unpaired) electrons. The van der Waals surface area contributed by atoms with E-state index in [9.17, 15) is 0 Å². The third kappa shape index (κ3) is 4.43. The molecule has 2 rings (SSSR count). The minimum absolute atomic E-state index is 0.602. The van der Waals surface area contributed by atoms with Crippen molar-refractivity contribution in [3.63, 3.8) is 0 Å². The molecule has 2 N–H and O–H groups in total. The lowest BCUT2D eigenvalue weighted by Gasteiger charge is -2.16. The Morgan fingerprint density at radius 3 is 2.41 bits per heavy atom. The minimum atomic E-state index is 0.602. The van der Waals surface area contributed by atoms with Crippen LogP contribution in [0, 0.1) is 0 Å².